The molecular formula is C11H11F3O4S. The van der Waals surface area contributed by atoms with Gasteiger partial charge in [0.05, 0.1) is 12.4 Å². The van der Waals surface area contributed by atoms with Gasteiger partial charge in [-0.05, 0) is 12.1 Å². The predicted molar refractivity (Wildman–Crippen MR) is 63.6 cm³/mol. The summed E-state index contributed by atoms with van der Waals surface area (Å²) in [6.45, 7) is 0.202. The van der Waals surface area contributed by atoms with Crippen molar-refractivity contribution in [1.29, 1.82) is 0 Å². The van der Waals surface area contributed by atoms with Gasteiger partial charge >= 0.3 is 12.3 Å². The fourth-order valence-electron chi connectivity index (χ4n) is 1.14. The Hall–Kier alpha value is -1.57. The van der Waals surface area contributed by atoms with Crippen molar-refractivity contribution in [2.24, 2.45) is 0 Å². The summed E-state index contributed by atoms with van der Waals surface area (Å²) in [5.74, 6) is -0.663. The van der Waals surface area contributed by atoms with Gasteiger partial charge in [-0.1, -0.05) is 6.07 Å². The Bertz CT molecular complexity index is 423. The maximum Gasteiger partial charge on any atom is 0.573 e. The maximum absolute atomic E-state index is 12.0. The highest BCUT2D eigenvalue weighted by atomic mass is 32.2. The summed E-state index contributed by atoms with van der Waals surface area (Å²) in [5, 5.41) is 8.39. The van der Waals surface area contributed by atoms with Crippen LogP contribution in [0.4, 0.5) is 13.2 Å². The third kappa shape index (κ3) is 7.45. The highest BCUT2D eigenvalue weighted by Gasteiger charge is 2.31. The third-order valence-electron chi connectivity index (χ3n) is 1.76. The van der Waals surface area contributed by atoms with E-state index in [4.69, 9.17) is 9.84 Å². The van der Waals surface area contributed by atoms with Gasteiger partial charge < -0.3 is 14.6 Å². The number of carboxylic acids is 1. The van der Waals surface area contributed by atoms with E-state index in [1.807, 2.05) is 0 Å². The van der Waals surface area contributed by atoms with Crippen molar-refractivity contribution in [3.63, 3.8) is 0 Å². The van der Waals surface area contributed by atoms with Crippen molar-refractivity contribution < 1.29 is 32.5 Å². The Morgan fingerprint density at radius 3 is 2.63 bits per heavy atom. The lowest BCUT2D eigenvalue weighted by molar-refractivity contribution is -0.274. The van der Waals surface area contributed by atoms with E-state index in [-0.39, 0.29) is 23.9 Å². The molecule has 4 nitrogen and oxygen atoms in total. The second-order valence-corrected chi connectivity index (χ2v) is 4.42. The van der Waals surface area contributed by atoms with Gasteiger partial charge in [0, 0.05) is 11.8 Å². The Kier molecular flexibility index (Phi) is 5.81. The van der Waals surface area contributed by atoms with E-state index in [9.17, 15) is 18.0 Å². The van der Waals surface area contributed by atoms with Crippen molar-refractivity contribution in [1.82, 2.24) is 0 Å². The Morgan fingerprint density at radius 1 is 1.32 bits per heavy atom. The number of halogens is 3. The number of alkyl halides is 3. The molecule has 0 fully saturated rings. The number of aliphatic carboxylic acids is 1. The minimum atomic E-state index is -4.74. The fourth-order valence-corrected chi connectivity index (χ4v) is 1.66. The maximum atomic E-state index is 12.0. The molecule has 1 aromatic carbocycles. The predicted octanol–water partition coefficient (Wildman–Crippen LogP) is 2.78. The van der Waals surface area contributed by atoms with E-state index in [2.05, 4.69) is 4.74 Å². The van der Waals surface area contributed by atoms with Crippen molar-refractivity contribution in [3.8, 4) is 11.5 Å². The molecule has 8 heteroatoms. The zero-order valence-corrected chi connectivity index (χ0v) is 10.5. The number of carbonyl (C=O) groups is 1. The molecule has 0 unspecified atom stereocenters. The molecule has 0 aromatic heterocycles. The second kappa shape index (κ2) is 7.13. The van der Waals surface area contributed by atoms with Gasteiger partial charge in [-0.15, -0.1) is 24.9 Å². The number of benzene rings is 1. The van der Waals surface area contributed by atoms with Crippen molar-refractivity contribution in [2.75, 3.05) is 18.1 Å². The highest BCUT2D eigenvalue weighted by Crippen LogP contribution is 2.26. The Morgan fingerprint density at radius 2 is 2.00 bits per heavy atom. The highest BCUT2D eigenvalue weighted by molar-refractivity contribution is 7.99. The fraction of sp³-hybridized carbons (Fsp3) is 0.364. The van der Waals surface area contributed by atoms with E-state index in [0.717, 1.165) is 17.8 Å². The van der Waals surface area contributed by atoms with Crippen LogP contribution in [0.5, 0.6) is 11.5 Å². The number of rotatable bonds is 7. The third-order valence-corrected chi connectivity index (χ3v) is 2.67. The Labute approximate surface area is 111 Å². The monoisotopic (exact) mass is 296 g/mol. The van der Waals surface area contributed by atoms with E-state index in [1.54, 1.807) is 0 Å². The van der Waals surface area contributed by atoms with E-state index >= 15 is 0 Å². The first-order chi connectivity index (χ1) is 8.87. The molecule has 0 aliphatic carbocycles. The van der Waals surface area contributed by atoms with Crippen LogP contribution in [0.15, 0.2) is 24.3 Å². The van der Waals surface area contributed by atoms with Crippen LogP contribution in [0.1, 0.15) is 0 Å². The molecule has 106 valence electrons. The lowest BCUT2D eigenvalue weighted by atomic mass is 10.3. The molecule has 0 aliphatic rings. The zero-order chi connectivity index (χ0) is 14.3. The molecule has 0 atom stereocenters. The quantitative estimate of drug-likeness (QED) is 0.784. The van der Waals surface area contributed by atoms with Crippen molar-refractivity contribution in [3.05, 3.63) is 24.3 Å². The molecule has 1 rings (SSSR count). The van der Waals surface area contributed by atoms with Crippen LogP contribution >= 0.6 is 11.8 Å². The topological polar surface area (TPSA) is 55.8 Å². The molecule has 1 N–H and O–H groups in total. The smallest absolute Gasteiger partial charge is 0.493 e. The van der Waals surface area contributed by atoms with Crippen LogP contribution in [0, 0.1) is 0 Å². The average molecular weight is 296 g/mol. The molecule has 19 heavy (non-hydrogen) atoms. The number of hydrogen-bond donors (Lipinski definition) is 1. The van der Waals surface area contributed by atoms with Crippen LogP contribution in [-0.2, 0) is 4.79 Å². The first-order valence-electron chi connectivity index (χ1n) is 5.15. The van der Waals surface area contributed by atoms with Gasteiger partial charge in [0.1, 0.15) is 11.5 Å². The summed E-state index contributed by atoms with van der Waals surface area (Å²) >= 11 is 1.16. The first-order valence-corrected chi connectivity index (χ1v) is 6.30. The van der Waals surface area contributed by atoms with Crippen LogP contribution < -0.4 is 9.47 Å². The van der Waals surface area contributed by atoms with Gasteiger partial charge in [-0.25, -0.2) is 0 Å². The molecule has 0 amide bonds. The molecule has 0 spiro atoms. The summed E-state index contributed by atoms with van der Waals surface area (Å²) in [7, 11) is 0. The van der Waals surface area contributed by atoms with Gasteiger partial charge in [0.2, 0.25) is 0 Å². The van der Waals surface area contributed by atoms with E-state index in [0.29, 0.717) is 5.75 Å². The molecule has 0 heterocycles. The summed E-state index contributed by atoms with van der Waals surface area (Å²) < 4.78 is 44.9. The minimum Gasteiger partial charge on any atom is -0.493 e. The van der Waals surface area contributed by atoms with Gasteiger partial charge in [-0.2, -0.15) is 0 Å². The van der Waals surface area contributed by atoms with Crippen LogP contribution in [0.2, 0.25) is 0 Å². The number of hydrogen-bond acceptors (Lipinski definition) is 4. The first kappa shape index (κ1) is 15.5. The lowest BCUT2D eigenvalue weighted by Crippen LogP contribution is -2.17. The molecule has 0 aliphatic heterocycles. The summed E-state index contributed by atoms with van der Waals surface area (Å²) in [6, 6.07) is 5.15. The summed E-state index contributed by atoms with van der Waals surface area (Å²) in [6.07, 6.45) is -4.74. The van der Waals surface area contributed by atoms with E-state index in [1.165, 1.54) is 18.2 Å². The van der Waals surface area contributed by atoms with E-state index < -0.39 is 12.3 Å². The SMILES string of the molecule is O=C(O)CSCCOc1cccc(OC(F)(F)F)c1. The number of ether oxygens (including phenoxy) is 2. The van der Waals surface area contributed by atoms with Crippen molar-refractivity contribution >= 4 is 17.7 Å². The van der Waals surface area contributed by atoms with Crippen LogP contribution in [-0.4, -0.2) is 35.6 Å². The lowest BCUT2D eigenvalue weighted by Gasteiger charge is -2.10. The second-order valence-electron chi connectivity index (χ2n) is 3.32. The number of carboxylic acid groups (broad SMARTS) is 1. The number of thioether (sulfide) groups is 1. The molecule has 0 saturated carbocycles. The summed E-state index contributed by atoms with van der Waals surface area (Å²) in [4.78, 5) is 10.2. The normalized spacial score (nSPS) is 11.1. The molecule has 0 radical (unpaired) electrons. The van der Waals surface area contributed by atoms with Crippen molar-refractivity contribution in [2.45, 2.75) is 6.36 Å². The molecular weight excluding hydrogens is 285 g/mol. The minimum absolute atomic E-state index is 0.0411. The standard InChI is InChI=1S/C11H11F3O4S/c12-11(13,14)18-9-3-1-2-8(6-9)17-4-5-19-7-10(15)16/h1-3,6H,4-5,7H2,(H,15,16). The molecule has 0 bridgehead atoms. The van der Waals surface area contributed by atoms with Crippen LogP contribution in [0.25, 0.3) is 0 Å². The van der Waals surface area contributed by atoms with Crippen LogP contribution in [0.3, 0.4) is 0 Å². The summed E-state index contributed by atoms with van der Waals surface area (Å²) in [5.41, 5.74) is 0. The van der Waals surface area contributed by atoms with Gasteiger partial charge in [-0.3, -0.25) is 4.79 Å². The van der Waals surface area contributed by atoms with Gasteiger partial charge in [0.25, 0.3) is 0 Å². The molecule has 0 saturated heterocycles. The zero-order valence-electron chi connectivity index (χ0n) is 9.64. The molecule has 1 aromatic rings. The average Bonchev–Trinajstić information content (AvgIpc) is 2.26. The Balaban J connectivity index is 2.38. The van der Waals surface area contributed by atoms with Gasteiger partial charge in [0.15, 0.2) is 0 Å². The largest absolute Gasteiger partial charge is 0.573 e.